The van der Waals surface area contributed by atoms with Crippen LogP contribution in [0.1, 0.15) is 0 Å². The van der Waals surface area contributed by atoms with Crippen molar-refractivity contribution in [2.75, 3.05) is 5.75 Å². The van der Waals surface area contributed by atoms with Gasteiger partial charge in [0.2, 0.25) is 0 Å². The summed E-state index contributed by atoms with van der Waals surface area (Å²) in [7, 11) is 0. The van der Waals surface area contributed by atoms with Crippen molar-refractivity contribution in [2.24, 2.45) is 0 Å². The maximum Gasteiger partial charge on any atom is 0.434 e. The van der Waals surface area contributed by atoms with Crippen LogP contribution < -0.4 is 0 Å². The second-order valence-electron chi connectivity index (χ2n) is 2.57. The van der Waals surface area contributed by atoms with Crippen LogP contribution >= 0.6 is 12.1 Å². The van der Waals surface area contributed by atoms with E-state index in [-0.39, 0.29) is 30.4 Å². The van der Waals surface area contributed by atoms with Crippen molar-refractivity contribution in [3.63, 3.8) is 0 Å². The smallest absolute Gasteiger partial charge is 0.390 e. The Bertz CT molecular complexity index is 319. The van der Waals surface area contributed by atoms with Gasteiger partial charge in [0.05, 0.1) is 18.4 Å². The molecular weight excluding hydrogens is 213 g/mol. The number of halogens is 1. The molecule has 6 nitrogen and oxygen atoms in total. The summed E-state index contributed by atoms with van der Waals surface area (Å²) in [6.07, 6.45) is 1.66. The van der Waals surface area contributed by atoms with Crippen molar-refractivity contribution >= 4 is 18.1 Å². The number of imidazole rings is 1. The van der Waals surface area contributed by atoms with Gasteiger partial charge in [0.1, 0.15) is 12.4 Å². The minimum atomic E-state index is -0.960. The monoisotopic (exact) mass is 221 g/mol. The third-order valence-electron chi connectivity index (χ3n) is 1.52. The van der Waals surface area contributed by atoms with E-state index in [1.54, 1.807) is 0 Å². The first kappa shape index (κ1) is 10.9. The highest BCUT2D eigenvalue weighted by molar-refractivity contribution is 7.94. The van der Waals surface area contributed by atoms with Crippen LogP contribution in [0.4, 0.5) is 9.83 Å². The molecule has 0 bridgehead atoms. The van der Waals surface area contributed by atoms with Crippen LogP contribution in [0.5, 0.6) is 0 Å². The molecule has 0 amide bonds. The van der Waals surface area contributed by atoms with Crippen LogP contribution in [0, 0.1) is 10.1 Å². The summed E-state index contributed by atoms with van der Waals surface area (Å²) in [6.45, 7) is -0.0345. The molecule has 1 aromatic heterocycles. The molecule has 1 heterocycles. The number of nitrogens with zero attached hydrogens (tertiary/aromatic N) is 3. The average molecular weight is 221 g/mol. The maximum atomic E-state index is 11.7. The first-order valence-corrected chi connectivity index (χ1v) is 4.61. The van der Waals surface area contributed by atoms with Gasteiger partial charge < -0.3 is 15.2 Å². The van der Waals surface area contributed by atoms with Gasteiger partial charge >= 0.3 is 5.95 Å². The predicted molar refractivity (Wildman–Crippen MR) is 48.5 cm³/mol. The van der Waals surface area contributed by atoms with Gasteiger partial charge in [-0.2, -0.15) is 3.89 Å². The second kappa shape index (κ2) is 4.91. The van der Waals surface area contributed by atoms with Crippen molar-refractivity contribution in [3.8, 4) is 0 Å². The number of hydrogen-bond donors (Lipinski definition) is 1. The van der Waals surface area contributed by atoms with Gasteiger partial charge in [-0.1, -0.05) is 4.98 Å². The summed E-state index contributed by atoms with van der Waals surface area (Å²) < 4.78 is 12.9. The van der Waals surface area contributed by atoms with Crippen molar-refractivity contribution in [3.05, 3.63) is 22.5 Å². The molecule has 1 atom stereocenters. The lowest BCUT2D eigenvalue weighted by Crippen LogP contribution is -2.18. The Labute approximate surface area is 83.2 Å². The lowest BCUT2D eigenvalue weighted by atomic mass is 10.4. The number of aliphatic hydroxyl groups is 1. The zero-order chi connectivity index (χ0) is 10.6. The summed E-state index contributed by atoms with van der Waals surface area (Å²) in [5.74, 6) is -0.470. The van der Waals surface area contributed by atoms with E-state index < -0.39 is 11.0 Å². The third-order valence-corrected chi connectivity index (χ3v) is 2.03. The molecule has 1 unspecified atom stereocenters. The number of aliphatic hydroxyl groups excluding tert-OH is 1. The van der Waals surface area contributed by atoms with E-state index in [1.807, 2.05) is 0 Å². The fraction of sp³-hybridized carbons (Fsp3) is 0.500. The van der Waals surface area contributed by atoms with E-state index in [1.165, 1.54) is 17.0 Å². The topological polar surface area (TPSA) is 81.2 Å². The molecule has 0 spiro atoms. The van der Waals surface area contributed by atoms with E-state index in [2.05, 4.69) is 4.98 Å². The molecule has 0 fully saturated rings. The largest absolute Gasteiger partial charge is 0.434 e. The minimum absolute atomic E-state index is 0.00777. The lowest BCUT2D eigenvalue weighted by Gasteiger charge is -2.06. The molecule has 0 aliphatic carbocycles. The van der Waals surface area contributed by atoms with Gasteiger partial charge in [-0.05, 0) is 4.92 Å². The van der Waals surface area contributed by atoms with Gasteiger partial charge in [0, 0.05) is 12.1 Å². The second-order valence-corrected chi connectivity index (χ2v) is 3.12. The highest BCUT2D eigenvalue weighted by Gasteiger charge is 2.17. The predicted octanol–water partition coefficient (Wildman–Crippen LogP) is 0.770. The minimum Gasteiger partial charge on any atom is -0.390 e. The number of nitro groups is 1. The Hall–Kier alpha value is -1.15. The molecule has 78 valence electrons. The molecule has 0 aromatic carbocycles. The van der Waals surface area contributed by atoms with Crippen LogP contribution in [0.15, 0.2) is 12.4 Å². The van der Waals surface area contributed by atoms with Gasteiger partial charge in [0.15, 0.2) is 0 Å². The Morgan fingerprint density at radius 1 is 1.86 bits per heavy atom. The Kier molecular flexibility index (Phi) is 3.84. The van der Waals surface area contributed by atoms with Crippen LogP contribution in [0.3, 0.4) is 0 Å². The van der Waals surface area contributed by atoms with Gasteiger partial charge in [-0.3, -0.25) is 0 Å². The summed E-state index contributed by atoms with van der Waals surface area (Å²) in [5.41, 5.74) is 0. The normalized spacial score (nSPS) is 12.7. The quantitative estimate of drug-likeness (QED) is 0.586. The van der Waals surface area contributed by atoms with Gasteiger partial charge in [0.25, 0.3) is 0 Å². The fourth-order valence-electron chi connectivity index (χ4n) is 0.968. The summed E-state index contributed by atoms with van der Waals surface area (Å²) >= 11 is -0.00777. The SMILES string of the molecule is O=[N+]([O-])c1nccn1CC(O)CSF. The summed E-state index contributed by atoms with van der Waals surface area (Å²) in [4.78, 5) is 13.2. The summed E-state index contributed by atoms with van der Waals surface area (Å²) in [5, 5.41) is 19.6. The summed E-state index contributed by atoms with van der Waals surface area (Å²) in [6, 6.07) is 0. The number of rotatable bonds is 5. The Balaban J connectivity index is 2.66. The molecule has 0 aliphatic rings. The van der Waals surface area contributed by atoms with Crippen molar-refractivity contribution in [1.82, 2.24) is 9.55 Å². The lowest BCUT2D eigenvalue weighted by molar-refractivity contribution is -0.397. The highest BCUT2D eigenvalue weighted by atomic mass is 32.2. The van der Waals surface area contributed by atoms with E-state index in [0.29, 0.717) is 0 Å². The molecule has 1 rings (SSSR count). The van der Waals surface area contributed by atoms with Crippen molar-refractivity contribution < 1.29 is 13.9 Å². The van der Waals surface area contributed by atoms with Crippen LogP contribution in [-0.2, 0) is 6.54 Å². The van der Waals surface area contributed by atoms with Gasteiger partial charge in [-0.25, -0.2) is 4.57 Å². The van der Waals surface area contributed by atoms with Crippen LogP contribution in [-0.4, -0.2) is 31.4 Å². The third kappa shape index (κ3) is 2.67. The van der Waals surface area contributed by atoms with E-state index in [0.717, 1.165) is 0 Å². The highest BCUT2D eigenvalue weighted by Crippen LogP contribution is 2.10. The molecular formula is C6H8FN3O3S. The molecule has 8 heteroatoms. The molecule has 14 heavy (non-hydrogen) atoms. The number of hydrogen-bond acceptors (Lipinski definition) is 5. The van der Waals surface area contributed by atoms with Gasteiger partial charge in [-0.15, -0.1) is 0 Å². The Morgan fingerprint density at radius 3 is 3.14 bits per heavy atom. The average Bonchev–Trinajstić information content (AvgIpc) is 2.52. The van der Waals surface area contributed by atoms with Crippen molar-refractivity contribution in [2.45, 2.75) is 12.6 Å². The van der Waals surface area contributed by atoms with E-state index in [4.69, 9.17) is 0 Å². The Morgan fingerprint density at radius 2 is 2.57 bits per heavy atom. The van der Waals surface area contributed by atoms with Crippen LogP contribution in [0.25, 0.3) is 0 Å². The fourth-order valence-corrected chi connectivity index (χ4v) is 1.22. The molecule has 1 N–H and O–H groups in total. The van der Waals surface area contributed by atoms with Crippen molar-refractivity contribution in [1.29, 1.82) is 0 Å². The first-order chi connectivity index (χ1) is 6.65. The van der Waals surface area contributed by atoms with E-state index >= 15 is 0 Å². The molecule has 0 saturated carbocycles. The zero-order valence-electron chi connectivity index (χ0n) is 7.04. The number of aromatic nitrogens is 2. The maximum absolute atomic E-state index is 11.7. The van der Waals surface area contributed by atoms with E-state index in [9.17, 15) is 19.1 Å². The standard InChI is InChI=1S/C6H8FN3O3S/c7-14-4-5(11)3-9-2-1-8-6(9)10(12)13/h1-2,5,11H,3-4H2. The molecule has 0 saturated heterocycles. The molecule has 0 aliphatic heterocycles. The zero-order valence-corrected chi connectivity index (χ0v) is 7.85. The first-order valence-electron chi connectivity index (χ1n) is 3.72. The van der Waals surface area contributed by atoms with Crippen LogP contribution in [0.2, 0.25) is 0 Å². The molecule has 0 radical (unpaired) electrons. The molecule has 1 aromatic rings.